The van der Waals surface area contributed by atoms with E-state index in [0.29, 0.717) is 0 Å². The highest BCUT2D eigenvalue weighted by molar-refractivity contribution is 9.10. The lowest BCUT2D eigenvalue weighted by Crippen LogP contribution is -2.23. The first-order valence-electron chi connectivity index (χ1n) is 5.75. The Labute approximate surface area is 119 Å². The highest BCUT2D eigenvalue weighted by Gasteiger charge is 2.12. The Balaban J connectivity index is 2.35. The number of hydrogen-bond acceptors (Lipinski definition) is 2. The van der Waals surface area contributed by atoms with Crippen molar-refractivity contribution in [3.8, 4) is 0 Å². The van der Waals surface area contributed by atoms with Gasteiger partial charge < -0.3 is 10.3 Å². The Hall–Kier alpha value is -1.88. The van der Waals surface area contributed by atoms with Crippen molar-refractivity contribution in [2.75, 3.05) is 5.32 Å². The van der Waals surface area contributed by atoms with Gasteiger partial charge in [0.2, 0.25) is 0 Å². The summed E-state index contributed by atoms with van der Waals surface area (Å²) in [6.45, 7) is 3.81. The van der Waals surface area contributed by atoms with Crippen LogP contribution >= 0.6 is 15.9 Å². The number of carbonyl (C=O) groups is 1. The maximum absolute atomic E-state index is 12.1. The van der Waals surface area contributed by atoms with Crippen LogP contribution < -0.4 is 10.9 Å². The van der Waals surface area contributed by atoms with Crippen LogP contribution in [0, 0.1) is 13.8 Å². The molecule has 1 aromatic carbocycles. The van der Waals surface area contributed by atoms with Crippen LogP contribution in [0.2, 0.25) is 0 Å². The van der Waals surface area contributed by atoms with Gasteiger partial charge in [-0.05, 0) is 49.2 Å². The fourth-order valence-corrected chi connectivity index (χ4v) is 2.58. The number of halogens is 1. The molecule has 1 amide bonds. The second kappa shape index (κ2) is 5.40. The standard InChI is InChI=1S/C14H13BrN2O2/c1-8-6-10(15)7-9(2)12(8)17-14(19)11-4-3-5-16-13(11)18/h3-7H,1-2H3,(H,16,18)(H,17,19). The number of nitrogens with one attached hydrogen (secondary N) is 2. The van der Waals surface area contributed by atoms with Crippen molar-refractivity contribution in [2.45, 2.75) is 13.8 Å². The van der Waals surface area contributed by atoms with Gasteiger partial charge in [-0.3, -0.25) is 9.59 Å². The number of carbonyl (C=O) groups excluding carboxylic acids is 1. The first kappa shape index (κ1) is 13.5. The normalized spacial score (nSPS) is 10.3. The number of benzene rings is 1. The van der Waals surface area contributed by atoms with E-state index in [9.17, 15) is 9.59 Å². The van der Waals surface area contributed by atoms with Gasteiger partial charge in [0, 0.05) is 16.4 Å². The topological polar surface area (TPSA) is 62.0 Å². The maximum atomic E-state index is 12.1. The third-order valence-corrected chi connectivity index (χ3v) is 3.26. The highest BCUT2D eigenvalue weighted by atomic mass is 79.9. The predicted octanol–water partition coefficient (Wildman–Crippen LogP) is 3.01. The minimum absolute atomic E-state index is 0.101. The first-order chi connectivity index (χ1) is 8.99. The Bertz CT molecular complexity index is 669. The first-order valence-corrected chi connectivity index (χ1v) is 6.54. The number of aromatic nitrogens is 1. The van der Waals surface area contributed by atoms with Crippen LogP contribution in [0.4, 0.5) is 5.69 Å². The number of aryl methyl sites for hydroxylation is 2. The van der Waals surface area contributed by atoms with Crippen molar-refractivity contribution < 1.29 is 4.79 Å². The lowest BCUT2D eigenvalue weighted by Gasteiger charge is -2.12. The van der Waals surface area contributed by atoms with E-state index < -0.39 is 11.5 Å². The third kappa shape index (κ3) is 2.93. The summed E-state index contributed by atoms with van der Waals surface area (Å²) in [4.78, 5) is 26.1. The molecule has 98 valence electrons. The number of rotatable bonds is 2. The van der Waals surface area contributed by atoms with E-state index in [0.717, 1.165) is 21.3 Å². The second-order valence-electron chi connectivity index (χ2n) is 4.28. The van der Waals surface area contributed by atoms with Crippen molar-refractivity contribution in [1.82, 2.24) is 4.98 Å². The van der Waals surface area contributed by atoms with Gasteiger partial charge in [0.05, 0.1) is 0 Å². The average molecular weight is 321 g/mol. The SMILES string of the molecule is Cc1cc(Br)cc(C)c1NC(=O)c1ccc[nH]c1=O. The van der Waals surface area contributed by atoms with Gasteiger partial charge in [0.1, 0.15) is 5.56 Å². The Morgan fingerprint density at radius 1 is 1.26 bits per heavy atom. The molecular formula is C14H13BrN2O2. The monoisotopic (exact) mass is 320 g/mol. The molecule has 1 aromatic heterocycles. The smallest absolute Gasteiger partial charge is 0.261 e. The quantitative estimate of drug-likeness (QED) is 0.893. The van der Waals surface area contributed by atoms with Crippen LogP contribution in [0.15, 0.2) is 39.7 Å². The van der Waals surface area contributed by atoms with Crippen molar-refractivity contribution in [3.63, 3.8) is 0 Å². The largest absolute Gasteiger partial charge is 0.328 e. The van der Waals surface area contributed by atoms with Crippen molar-refractivity contribution >= 4 is 27.5 Å². The van der Waals surface area contributed by atoms with Gasteiger partial charge in [0.15, 0.2) is 0 Å². The lowest BCUT2D eigenvalue weighted by atomic mass is 10.1. The zero-order valence-electron chi connectivity index (χ0n) is 10.6. The molecule has 0 atom stereocenters. The fraction of sp³-hybridized carbons (Fsp3) is 0.143. The molecule has 0 radical (unpaired) electrons. The van der Waals surface area contributed by atoms with Gasteiger partial charge in [-0.15, -0.1) is 0 Å². The molecule has 0 aliphatic heterocycles. The summed E-state index contributed by atoms with van der Waals surface area (Å²) in [6, 6.07) is 6.95. The number of H-pyrrole nitrogens is 1. The summed E-state index contributed by atoms with van der Waals surface area (Å²) in [5, 5.41) is 2.78. The zero-order chi connectivity index (χ0) is 14.0. The molecule has 0 spiro atoms. The van der Waals surface area contributed by atoms with Crippen LogP contribution in [0.3, 0.4) is 0 Å². The summed E-state index contributed by atoms with van der Waals surface area (Å²) in [5.74, 6) is -0.407. The van der Waals surface area contributed by atoms with Gasteiger partial charge in [0.25, 0.3) is 11.5 Å². The lowest BCUT2D eigenvalue weighted by molar-refractivity contribution is 0.102. The highest BCUT2D eigenvalue weighted by Crippen LogP contribution is 2.25. The Kier molecular flexibility index (Phi) is 3.85. The summed E-state index contributed by atoms with van der Waals surface area (Å²) in [7, 11) is 0. The second-order valence-corrected chi connectivity index (χ2v) is 5.20. The summed E-state index contributed by atoms with van der Waals surface area (Å²) in [6.07, 6.45) is 1.50. The zero-order valence-corrected chi connectivity index (χ0v) is 12.2. The molecule has 0 unspecified atom stereocenters. The number of anilines is 1. The molecule has 1 heterocycles. The minimum atomic E-state index is -0.407. The summed E-state index contributed by atoms with van der Waals surface area (Å²) in [5.41, 5.74) is 2.31. The minimum Gasteiger partial charge on any atom is -0.328 e. The van der Waals surface area contributed by atoms with Crippen molar-refractivity contribution in [2.24, 2.45) is 0 Å². The summed E-state index contributed by atoms with van der Waals surface area (Å²) >= 11 is 3.40. The molecule has 0 bridgehead atoms. The van der Waals surface area contributed by atoms with E-state index in [1.165, 1.54) is 12.3 Å². The van der Waals surface area contributed by atoms with E-state index in [1.807, 2.05) is 26.0 Å². The van der Waals surface area contributed by atoms with Crippen LogP contribution in [0.5, 0.6) is 0 Å². The van der Waals surface area contributed by atoms with Gasteiger partial charge in [-0.2, -0.15) is 0 Å². The molecule has 2 N–H and O–H groups in total. The molecule has 5 heteroatoms. The van der Waals surface area contributed by atoms with Crippen molar-refractivity contribution in [1.29, 1.82) is 0 Å². The number of hydrogen-bond donors (Lipinski definition) is 2. The van der Waals surface area contributed by atoms with Crippen LogP contribution in [0.25, 0.3) is 0 Å². The molecule has 4 nitrogen and oxygen atoms in total. The molecule has 0 aliphatic rings. The molecular weight excluding hydrogens is 308 g/mol. The van der Waals surface area contributed by atoms with Crippen LogP contribution in [0.1, 0.15) is 21.5 Å². The maximum Gasteiger partial charge on any atom is 0.261 e. The molecule has 2 aromatic rings. The number of amides is 1. The van der Waals surface area contributed by atoms with E-state index in [-0.39, 0.29) is 5.56 Å². The molecule has 0 fully saturated rings. The predicted molar refractivity (Wildman–Crippen MR) is 78.6 cm³/mol. The molecule has 0 aliphatic carbocycles. The van der Waals surface area contributed by atoms with Crippen LogP contribution in [-0.4, -0.2) is 10.9 Å². The van der Waals surface area contributed by atoms with Gasteiger partial charge in [-0.25, -0.2) is 0 Å². The molecule has 2 rings (SSSR count). The molecule has 19 heavy (non-hydrogen) atoms. The van der Waals surface area contributed by atoms with E-state index in [4.69, 9.17) is 0 Å². The van der Waals surface area contributed by atoms with Crippen LogP contribution in [-0.2, 0) is 0 Å². The number of aromatic amines is 1. The fourth-order valence-electron chi connectivity index (χ4n) is 1.89. The average Bonchev–Trinajstić information content (AvgIpc) is 2.34. The van der Waals surface area contributed by atoms with Gasteiger partial charge in [-0.1, -0.05) is 15.9 Å². The number of pyridine rings is 1. The van der Waals surface area contributed by atoms with E-state index in [2.05, 4.69) is 26.2 Å². The third-order valence-electron chi connectivity index (χ3n) is 2.80. The molecule has 0 saturated heterocycles. The van der Waals surface area contributed by atoms with Gasteiger partial charge >= 0.3 is 0 Å². The summed E-state index contributed by atoms with van der Waals surface area (Å²) < 4.78 is 0.957. The Morgan fingerprint density at radius 3 is 2.47 bits per heavy atom. The van der Waals surface area contributed by atoms with E-state index >= 15 is 0 Å². The molecule has 0 saturated carbocycles. The van der Waals surface area contributed by atoms with Crippen molar-refractivity contribution in [3.05, 3.63) is 62.0 Å². The van der Waals surface area contributed by atoms with E-state index in [1.54, 1.807) is 6.07 Å². The Morgan fingerprint density at radius 2 is 1.89 bits per heavy atom.